The summed E-state index contributed by atoms with van der Waals surface area (Å²) in [5, 5.41) is 15.8. The maximum absolute atomic E-state index is 9.28. The van der Waals surface area contributed by atoms with Gasteiger partial charge in [0.15, 0.2) is 0 Å². The molecule has 0 bridgehead atoms. The van der Waals surface area contributed by atoms with E-state index in [2.05, 4.69) is 33.6 Å². The average Bonchev–Trinajstić information content (AvgIpc) is 2.48. The third-order valence-corrected chi connectivity index (χ3v) is 3.26. The van der Waals surface area contributed by atoms with Crippen molar-refractivity contribution in [2.24, 2.45) is 0 Å². The molecule has 0 radical (unpaired) electrons. The zero-order valence-corrected chi connectivity index (χ0v) is 12.6. The predicted octanol–water partition coefficient (Wildman–Crippen LogP) is 3.53. The Morgan fingerprint density at radius 1 is 1.19 bits per heavy atom. The van der Waals surface area contributed by atoms with Crippen molar-refractivity contribution in [3.05, 3.63) is 41.2 Å². The van der Waals surface area contributed by atoms with Gasteiger partial charge in [0.05, 0.1) is 11.3 Å². The van der Waals surface area contributed by atoms with Crippen molar-refractivity contribution in [3.8, 4) is 6.07 Å². The number of nitriles is 1. The summed E-state index contributed by atoms with van der Waals surface area (Å²) < 4.78 is 0. The molecule has 0 unspecified atom stereocenters. The third kappa shape index (κ3) is 3.29. The van der Waals surface area contributed by atoms with Crippen molar-refractivity contribution < 1.29 is 0 Å². The number of hydrogen-bond donors (Lipinski definition) is 2. The maximum atomic E-state index is 9.28. The highest BCUT2D eigenvalue weighted by Gasteiger charge is 2.10. The van der Waals surface area contributed by atoms with Gasteiger partial charge in [0.2, 0.25) is 0 Å². The topological polar surface area (TPSA) is 73.6 Å². The van der Waals surface area contributed by atoms with Crippen LogP contribution in [0.5, 0.6) is 0 Å². The fraction of sp³-hybridized carbons (Fsp3) is 0.312. The molecule has 0 atom stereocenters. The van der Waals surface area contributed by atoms with E-state index in [9.17, 15) is 5.26 Å². The minimum absolute atomic E-state index is 0.638. The van der Waals surface area contributed by atoms with E-state index >= 15 is 0 Å². The van der Waals surface area contributed by atoms with Gasteiger partial charge in [0.25, 0.3) is 0 Å². The normalized spacial score (nSPS) is 10.0. The van der Waals surface area contributed by atoms with Crippen LogP contribution in [0.3, 0.4) is 0 Å². The molecular weight excluding hydrogens is 262 g/mol. The molecule has 0 spiro atoms. The van der Waals surface area contributed by atoms with Gasteiger partial charge in [0.1, 0.15) is 24.0 Å². The van der Waals surface area contributed by atoms with Crippen LogP contribution < -0.4 is 10.6 Å². The molecule has 0 saturated carbocycles. The lowest BCUT2D eigenvalue weighted by Gasteiger charge is -2.13. The molecule has 108 valence electrons. The lowest BCUT2D eigenvalue weighted by atomic mass is 10.1. The molecule has 0 amide bonds. The molecule has 0 fully saturated rings. The van der Waals surface area contributed by atoms with Crippen molar-refractivity contribution in [2.45, 2.75) is 27.2 Å². The zero-order valence-electron chi connectivity index (χ0n) is 12.6. The largest absolute Gasteiger partial charge is 0.370 e. The first-order chi connectivity index (χ1) is 10.2. The van der Waals surface area contributed by atoms with Gasteiger partial charge in [-0.05, 0) is 31.9 Å². The van der Waals surface area contributed by atoms with E-state index in [0.29, 0.717) is 11.4 Å². The minimum atomic E-state index is 0.638. The Balaban J connectivity index is 2.33. The highest BCUT2D eigenvalue weighted by Crippen LogP contribution is 2.25. The molecule has 0 saturated heterocycles. The standard InChI is InChI=1S/C16H19N5/c1-4-8-18-15-12(3)16(20-10-19-15)21-14-7-5-6-11(2)13(14)9-17/h5-7,10H,4,8H2,1-3H3,(H2,18,19,20,21). The quantitative estimate of drug-likeness (QED) is 0.877. The van der Waals surface area contributed by atoms with E-state index in [4.69, 9.17) is 0 Å². The summed E-state index contributed by atoms with van der Waals surface area (Å²) >= 11 is 0. The number of aryl methyl sites for hydroxylation is 1. The lowest BCUT2D eigenvalue weighted by molar-refractivity contribution is 0.960. The molecule has 2 aromatic rings. The maximum Gasteiger partial charge on any atom is 0.138 e. The smallest absolute Gasteiger partial charge is 0.138 e. The molecule has 0 aliphatic carbocycles. The third-order valence-electron chi connectivity index (χ3n) is 3.26. The second kappa shape index (κ2) is 6.71. The molecule has 2 N–H and O–H groups in total. The van der Waals surface area contributed by atoms with Crippen LogP contribution >= 0.6 is 0 Å². The van der Waals surface area contributed by atoms with Crippen LogP contribution in [0.4, 0.5) is 17.3 Å². The van der Waals surface area contributed by atoms with E-state index in [0.717, 1.165) is 35.6 Å². The van der Waals surface area contributed by atoms with Gasteiger partial charge in [-0.2, -0.15) is 5.26 Å². The molecule has 0 aliphatic rings. The summed E-state index contributed by atoms with van der Waals surface area (Å²) in [7, 11) is 0. The monoisotopic (exact) mass is 281 g/mol. The first kappa shape index (κ1) is 14.8. The number of hydrogen-bond acceptors (Lipinski definition) is 5. The van der Waals surface area contributed by atoms with Gasteiger partial charge in [-0.15, -0.1) is 0 Å². The Hall–Kier alpha value is -2.61. The second-order valence-electron chi connectivity index (χ2n) is 4.86. The summed E-state index contributed by atoms with van der Waals surface area (Å²) in [6, 6.07) is 7.96. The molecule has 5 heteroatoms. The number of rotatable bonds is 5. The number of nitrogens with one attached hydrogen (secondary N) is 2. The summed E-state index contributed by atoms with van der Waals surface area (Å²) in [6.07, 6.45) is 2.55. The Morgan fingerprint density at radius 2 is 1.95 bits per heavy atom. The van der Waals surface area contributed by atoms with E-state index in [1.54, 1.807) is 0 Å². The van der Waals surface area contributed by atoms with E-state index in [1.807, 2.05) is 32.0 Å². The fourth-order valence-corrected chi connectivity index (χ4v) is 2.05. The van der Waals surface area contributed by atoms with Crippen LogP contribution in [0.1, 0.15) is 30.0 Å². The van der Waals surface area contributed by atoms with Crippen LogP contribution in [0.25, 0.3) is 0 Å². The summed E-state index contributed by atoms with van der Waals surface area (Å²) in [5.41, 5.74) is 3.29. The van der Waals surface area contributed by atoms with Gasteiger partial charge in [0, 0.05) is 12.1 Å². The Labute approximate surface area is 125 Å². The van der Waals surface area contributed by atoms with Crippen LogP contribution in [0.2, 0.25) is 0 Å². The molecule has 21 heavy (non-hydrogen) atoms. The summed E-state index contributed by atoms with van der Waals surface area (Å²) in [6.45, 7) is 6.85. The minimum Gasteiger partial charge on any atom is -0.370 e. The van der Waals surface area contributed by atoms with Crippen molar-refractivity contribution in [1.82, 2.24) is 9.97 Å². The van der Waals surface area contributed by atoms with Crippen molar-refractivity contribution >= 4 is 17.3 Å². The molecule has 1 aromatic heterocycles. The zero-order chi connectivity index (χ0) is 15.2. The first-order valence-electron chi connectivity index (χ1n) is 6.99. The molecular formula is C16H19N5. The molecule has 1 aromatic carbocycles. The Kier molecular flexibility index (Phi) is 4.72. The fourth-order valence-electron chi connectivity index (χ4n) is 2.05. The van der Waals surface area contributed by atoms with Crippen molar-refractivity contribution in [3.63, 3.8) is 0 Å². The number of anilines is 3. The van der Waals surface area contributed by atoms with E-state index < -0.39 is 0 Å². The molecule has 5 nitrogen and oxygen atoms in total. The van der Waals surface area contributed by atoms with Crippen molar-refractivity contribution in [2.75, 3.05) is 17.2 Å². The predicted molar refractivity (Wildman–Crippen MR) is 84.7 cm³/mol. The number of nitrogens with zero attached hydrogens (tertiary/aromatic N) is 3. The van der Waals surface area contributed by atoms with Crippen LogP contribution in [0.15, 0.2) is 24.5 Å². The van der Waals surface area contributed by atoms with E-state index in [-0.39, 0.29) is 0 Å². The SMILES string of the molecule is CCCNc1ncnc(Nc2cccc(C)c2C#N)c1C. The highest BCUT2D eigenvalue weighted by atomic mass is 15.1. The average molecular weight is 281 g/mol. The summed E-state index contributed by atoms with van der Waals surface area (Å²) in [5.74, 6) is 1.53. The first-order valence-corrected chi connectivity index (χ1v) is 6.99. The van der Waals surface area contributed by atoms with Gasteiger partial charge < -0.3 is 10.6 Å². The Bertz CT molecular complexity index is 673. The van der Waals surface area contributed by atoms with Crippen LogP contribution in [-0.4, -0.2) is 16.5 Å². The van der Waals surface area contributed by atoms with Gasteiger partial charge in [-0.3, -0.25) is 0 Å². The van der Waals surface area contributed by atoms with Crippen LogP contribution in [-0.2, 0) is 0 Å². The summed E-state index contributed by atoms with van der Waals surface area (Å²) in [4.78, 5) is 8.53. The highest BCUT2D eigenvalue weighted by molar-refractivity contribution is 5.70. The molecule has 2 rings (SSSR count). The lowest BCUT2D eigenvalue weighted by Crippen LogP contribution is -2.07. The van der Waals surface area contributed by atoms with E-state index in [1.165, 1.54) is 6.33 Å². The van der Waals surface area contributed by atoms with Crippen LogP contribution in [0, 0.1) is 25.2 Å². The van der Waals surface area contributed by atoms with Crippen molar-refractivity contribution in [1.29, 1.82) is 5.26 Å². The van der Waals surface area contributed by atoms with Gasteiger partial charge in [-0.1, -0.05) is 19.1 Å². The molecule has 1 heterocycles. The second-order valence-corrected chi connectivity index (χ2v) is 4.86. The number of aromatic nitrogens is 2. The Morgan fingerprint density at radius 3 is 2.67 bits per heavy atom. The molecule has 0 aliphatic heterocycles. The van der Waals surface area contributed by atoms with Gasteiger partial charge in [-0.25, -0.2) is 9.97 Å². The van der Waals surface area contributed by atoms with Gasteiger partial charge >= 0.3 is 0 Å². The number of benzene rings is 1.